The Bertz CT molecular complexity index is 836. The third-order valence-electron chi connectivity index (χ3n) is 5.75. The highest BCUT2D eigenvalue weighted by Gasteiger charge is 2.21. The van der Waals surface area contributed by atoms with Crippen LogP contribution in [0.4, 0.5) is 5.69 Å². The summed E-state index contributed by atoms with van der Waals surface area (Å²) in [5.41, 5.74) is 2.27. The molecule has 0 bridgehead atoms. The molecule has 0 spiro atoms. The number of ether oxygens (including phenoxy) is 3. The maximum absolute atomic E-state index is 5.67. The molecule has 2 N–H and O–H groups in total. The van der Waals surface area contributed by atoms with E-state index in [4.69, 9.17) is 19.2 Å². The summed E-state index contributed by atoms with van der Waals surface area (Å²) in [4.78, 5) is 7.18. The van der Waals surface area contributed by atoms with E-state index in [2.05, 4.69) is 46.7 Å². The van der Waals surface area contributed by atoms with Crippen LogP contribution in [-0.2, 0) is 4.74 Å². The Morgan fingerprint density at radius 1 is 1.03 bits per heavy atom. The third-order valence-corrected chi connectivity index (χ3v) is 5.75. The minimum Gasteiger partial charge on any atom is -0.497 e. The monoisotopic (exact) mass is 568 g/mol. The molecule has 3 rings (SSSR count). The van der Waals surface area contributed by atoms with Crippen LogP contribution in [0.3, 0.4) is 0 Å². The number of hydrogen-bond acceptors (Lipinski definition) is 5. The maximum Gasteiger partial charge on any atom is 0.191 e. The zero-order valence-corrected chi connectivity index (χ0v) is 22.4. The lowest BCUT2D eigenvalue weighted by Gasteiger charge is -2.35. The Balaban J connectivity index is 0.00000385. The molecular weight excluding hydrogens is 531 g/mol. The standard InChI is InChI=1S/C25H36N4O3.HI/c1-5-26-25(27-18-24(32-4)19-9-7-6-8-10-19)28-20-11-13-29(14-12-20)21-15-22(30-2)17-23(16-21)31-3;/h6-10,15-17,20,24H,5,11-14,18H2,1-4H3,(H2,26,27,28);1H. The Hall–Kier alpha value is -2.20. The van der Waals surface area contributed by atoms with Gasteiger partial charge in [0.2, 0.25) is 0 Å². The quantitative estimate of drug-likeness (QED) is 0.268. The van der Waals surface area contributed by atoms with Crippen LogP contribution in [0.1, 0.15) is 31.4 Å². The summed E-state index contributed by atoms with van der Waals surface area (Å²) in [5.74, 6) is 2.46. The molecule has 1 atom stereocenters. The molecule has 1 fully saturated rings. The first-order valence-corrected chi connectivity index (χ1v) is 11.3. The highest BCUT2D eigenvalue weighted by Crippen LogP contribution is 2.30. The fraction of sp³-hybridized carbons (Fsp3) is 0.480. The molecule has 0 amide bonds. The van der Waals surface area contributed by atoms with Crippen LogP contribution in [0.25, 0.3) is 0 Å². The van der Waals surface area contributed by atoms with Gasteiger partial charge in [-0.05, 0) is 25.3 Å². The molecule has 1 saturated heterocycles. The van der Waals surface area contributed by atoms with Gasteiger partial charge in [-0.25, -0.2) is 0 Å². The van der Waals surface area contributed by atoms with E-state index in [0.29, 0.717) is 12.6 Å². The van der Waals surface area contributed by atoms with Gasteiger partial charge in [0, 0.05) is 56.7 Å². The maximum atomic E-state index is 5.67. The number of hydrogen-bond donors (Lipinski definition) is 2. The van der Waals surface area contributed by atoms with E-state index < -0.39 is 0 Å². The van der Waals surface area contributed by atoms with Crippen molar-refractivity contribution in [1.29, 1.82) is 0 Å². The number of nitrogens with one attached hydrogen (secondary N) is 2. The molecule has 2 aromatic carbocycles. The minimum atomic E-state index is -0.0588. The lowest BCUT2D eigenvalue weighted by atomic mass is 10.0. The van der Waals surface area contributed by atoms with Crippen molar-refractivity contribution in [1.82, 2.24) is 10.6 Å². The van der Waals surface area contributed by atoms with Gasteiger partial charge in [0.15, 0.2) is 5.96 Å². The molecule has 2 aromatic rings. The number of aliphatic imine (C=N–C) groups is 1. The van der Waals surface area contributed by atoms with Crippen LogP contribution in [0.2, 0.25) is 0 Å². The van der Waals surface area contributed by atoms with E-state index in [1.165, 1.54) is 0 Å². The number of methoxy groups -OCH3 is 3. The van der Waals surface area contributed by atoms with E-state index in [0.717, 1.165) is 61.2 Å². The summed E-state index contributed by atoms with van der Waals surface area (Å²) in [7, 11) is 5.10. The predicted octanol–water partition coefficient (Wildman–Crippen LogP) is 4.23. The third kappa shape index (κ3) is 7.96. The lowest BCUT2D eigenvalue weighted by Crippen LogP contribution is -2.49. The average Bonchev–Trinajstić information content (AvgIpc) is 2.85. The Labute approximate surface area is 214 Å². The molecule has 7 nitrogen and oxygen atoms in total. The fourth-order valence-electron chi connectivity index (χ4n) is 3.93. The Kier molecular flexibility index (Phi) is 11.6. The van der Waals surface area contributed by atoms with Gasteiger partial charge in [0.25, 0.3) is 0 Å². The Morgan fingerprint density at radius 3 is 2.21 bits per heavy atom. The summed E-state index contributed by atoms with van der Waals surface area (Å²) >= 11 is 0. The zero-order chi connectivity index (χ0) is 22.8. The van der Waals surface area contributed by atoms with Crippen LogP contribution in [0, 0.1) is 0 Å². The normalized spacial score (nSPS) is 15.4. The molecule has 0 aliphatic carbocycles. The second-order valence-corrected chi connectivity index (χ2v) is 7.83. The number of guanidine groups is 1. The first-order chi connectivity index (χ1) is 15.7. The van der Waals surface area contributed by atoms with Crippen molar-refractivity contribution in [3.05, 3.63) is 54.1 Å². The summed E-state index contributed by atoms with van der Waals surface area (Å²) in [6.45, 7) is 5.38. The molecule has 1 heterocycles. The van der Waals surface area contributed by atoms with Crippen LogP contribution in [-0.4, -0.2) is 59.5 Å². The van der Waals surface area contributed by atoms with Crippen molar-refractivity contribution >= 4 is 35.6 Å². The van der Waals surface area contributed by atoms with Crippen molar-refractivity contribution in [2.45, 2.75) is 31.9 Å². The van der Waals surface area contributed by atoms with E-state index in [1.54, 1.807) is 21.3 Å². The topological polar surface area (TPSA) is 67.4 Å². The largest absolute Gasteiger partial charge is 0.497 e. The first kappa shape index (κ1) is 27.0. The molecule has 0 aromatic heterocycles. The van der Waals surface area contributed by atoms with Crippen molar-refractivity contribution in [2.24, 2.45) is 4.99 Å². The van der Waals surface area contributed by atoms with Gasteiger partial charge < -0.3 is 29.7 Å². The van der Waals surface area contributed by atoms with Gasteiger partial charge >= 0.3 is 0 Å². The molecule has 0 saturated carbocycles. The smallest absolute Gasteiger partial charge is 0.191 e. The van der Waals surface area contributed by atoms with Crippen LogP contribution in [0.5, 0.6) is 11.5 Å². The summed E-state index contributed by atoms with van der Waals surface area (Å²) in [5, 5.41) is 6.98. The second-order valence-electron chi connectivity index (χ2n) is 7.83. The molecule has 8 heteroatoms. The number of piperidine rings is 1. The lowest BCUT2D eigenvalue weighted by molar-refractivity contribution is 0.111. The molecule has 33 heavy (non-hydrogen) atoms. The van der Waals surface area contributed by atoms with Crippen LogP contribution >= 0.6 is 24.0 Å². The number of halogens is 1. The highest BCUT2D eigenvalue weighted by atomic mass is 127. The molecular formula is C25H37IN4O3. The van der Waals surface area contributed by atoms with E-state index in [-0.39, 0.29) is 30.1 Å². The number of benzene rings is 2. The summed E-state index contributed by atoms with van der Waals surface area (Å²) in [6, 6.07) is 16.6. The summed E-state index contributed by atoms with van der Waals surface area (Å²) < 4.78 is 16.5. The van der Waals surface area contributed by atoms with Gasteiger partial charge in [0.05, 0.1) is 20.8 Å². The van der Waals surface area contributed by atoms with Crippen LogP contribution in [0.15, 0.2) is 53.5 Å². The predicted molar refractivity (Wildman–Crippen MR) is 146 cm³/mol. The molecule has 1 unspecified atom stereocenters. The van der Waals surface area contributed by atoms with E-state index >= 15 is 0 Å². The summed E-state index contributed by atoms with van der Waals surface area (Å²) in [6.07, 6.45) is 1.99. The Morgan fingerprint density at radius 2 is 1.67 bits per heavy atom. The van der Waals surface area contributed by atoms with Crippen molar-refractivity contribution in [3.8, 4) is 11.5 Å². The highest BCUT2D eigenvalue weighted by molar-refractivity contribution is 14.0. The fourth-order valence-corrected chi connectivity index (χ4v) is 3.93. The number of anilines is 1. The average molecular weight is 569 g/mol. The van der Waals surface area contributed by atoms with Crippen LogP contribution < -0.4 is 25.0 Å². The van der Waals surface area contributed by atoms with Crippen molar-refractivity contribution in [2.75, 3.05) is 52.4 Å². The van der Waals surface area contributed by atoms with E-state index in [1.807, 2.05) is 24.3 Å². The van der Waals surface area contributed by atoms with Crippen molar-refractivity contribution < 1.29 is 14.2 Å². The van der Waals surface area contributed by atoms with Gasteiger partial charge in [-0.1, -0.05) is 30.3 Å². The van der Waals surface area contributed by atoms with Gasteiger partial charge in [-0.2, -0.15) is 0 Å². The molecule has 0 radical (unpaired) electrons. The number of rotatable bonds is 9. The van der Waals surface area contributed by atoms with Crippen molar-refractivity contribution in [3.63, 3.8) is 0 Å². The molecule has 1 aliphatic heterocycles. The van der Waals surface area contributed by atoms with E-state index in [9.17, 15) is 0 Å². The first-order valence-electron chi connectivity index (χ1n) is 11.3. The van der Waals surface area contributed by atoms with Gasteiger partial charge in [0.1, 0.15) is 17.6 Å². The second kappa shape index (κ2) is 14.1. The zero-order valence-electron chi connectivity index (χ0n) is 20.0. The molecule has 182 valence electrons. The minimum absolute atomic E-state index is 0. The molecule has 1 aliphatic rings. The number of nitrogens with zero attached hydrogens (tertiary/aromatic N) is 2. The van der Waals surface area contributed by atoms with Gasteiger partial charge in [-0.3, -0.25) is 4.99 Å². The van der Waals surface area contributed by atoms with Gasteiger partial charge in [-0.15, -0.1) is 24.0 Å². The SMILES string of the molecule is CCNC(=NCC(OC)c1ccccc1)NC1CCN(c2cc(OC)cc(OC)c2)CC1.I.